The van der Waals surface area contributed by atoms with Crippen LogP contribution < -0.4 is 0 Å². The SMILES string of the molecule is Cc1ncnc2c1c(-c1ccn(C)n1)cn2[C@@H]1O[C@H](CO)[C@@H](O)[C@]12CCO2. The molecule has 9 heteroatoms. The molecule has 0 amide bonds. The van der Waals surface area contributed by atoms with Gasteiger partial charge < -0.3 is 24.3 Å². The number of aromatic nitrogens is 5. The fraction of sp³-hybridized carbons (Fsp3) is 0.500. The number of hydrogen-bond donors (Lipinski definition) is 2. The van der Waals surface area contributed by atoms with E-state index in [0.29, 0.717) is 18.7 Å². The molecule has 0 bridgehead atoms. The minimum atomic E-state index is -0.903. The molecule has 1 spiro atoms. The molecule has 2 fully saturated rings. The predicted molar refractivity (Wildman–Crippen MR) is 94.8 cm³/mol. The van der Waals surface area contributed by atoms with Crippen LogP contribution in [0.5, 0.6) is 0 Å². The highest BCUT2D eigenvalue weighted by molar-refractivity contribution is 5.94. The number of hydrogen-bond acceptors (Lipinski definition) is 7. The molecule has 2 aliphatic heterocycles. The Morgan fingerprint density at radius 2 is 2.19 bits per heavy atom. The zero-order valence-electron chi connectivity index (χ0n) is 15.1. The van der Waals surface area contributed by atoms with Crippen molar-refractivity contribution >= 4 is 11.0 Å². The zero-order chi connectivity index (χ0) is 18.8. The molecule has 5 rings (SSSR count). The third kappa shape index (κ3) is 2.23. The van der Waals surface area contributed by atoms with E-state index in [-0.39, 0.29) is 6.61 Å². The molecule has 0 radical (unpaired) electrons. The Kier molecular flexibility index (Phi) is 3.63. The molecule has 3 aromatic heterocycles. The number of fused-ring (bicyclic) bond motifs is 1. The number of aliphatic hydroxyl groups excluding tert-OH is 2. The van der Waals surface area contributed by atoms with Crippen LogP contribution in [0.3, 0.4) is 0 Å². The average molecular weight is 371 g/mol. The van der Waals surface area contributed by atoms with E-state index in [4.69, 9.17) is 9.47 Å². The molecule has 142 valence electrons. The second-order valence-corrected chi connectivity index (χ2v) is 7.19. The standard InChI is InChI=1S/C18H21N5O4/c1-10-14-11(12-3-5-22(2)21-12)7-23(16(14)20-9-19-10)17-18(4-6-26-18)15(25)13(8-24)27-17/h3,5,7,9,13,15,17,24-25H,4,6,8H2,1-2H3/t13-,15-,17-,18-/m1/s1. The van der Waals surface area contributed by atoms with Gasteiger partial charge in [0.2, 0.25) is 0 Å². The molecule has 4 atom stereocenters. The zero-order valence-corrected chi connectivity index (χ0v) is 15.1. The van der Waals surface area contributed by atoms with Crippen LogP contribution in [0.15, 0.2) is 24.8 Å². The van der Waals surface area contributed by atoms with Crippen LogP contribution in [0, 0.1) is 6.92 Å². The second kappa shape index (κ2) is 5.83. The summed E-state index contributed by atoms with van der Waals surface area (Å²) in [7, 11) is 1.87. The molecule has 2 saturated heterocycles. The molecule has 3 aromatic rings. The van der Waals surface area contributed by atoms with Crippen LogP contribution in [0.2, 0.25) is 0 Å². The van der Waals surface area contributed by atoms with E-state index in [0.717, 1.165) is 22.3 Å². The highest BCUT2D eigenvalue weighted by Crippen LogP contribution is 2.50. The smallest absolute Gasteiger partial charge is 0.167 e. The van der Waals surface area contributed by atoms with Gasteiger partial charge in [-0.2, -0.15) is 5.10 Å². The Morgan fingerprint density at radius 1 is 1.37 bits per heavy atom. The summed E-state index contributed by atoms with van der Waals surface area (Å²) < 4.78 is 15.5. The second-order valence-electron chi connectivity index (χ2n) is 7.19. The quantitative estimate of drug-likeness (QED) is 0.692. The summed E-state index contributed by atoms with van der Waals surface area (Å²) in [5, 5.41) is 25.7. The van der Waals surface area contributed by atoms with E-state index < -0.39 is 24.0 Å². The first-order valence-electron chi connectivity index (χ1n) is 8.95. The van der Waals surface area contributed by atoms with Gasteiger partial charge in [0.1, 0.15) is 29.8 Å². The molecular weight excluding hydrogens is 350 g/mol. The summed E-state index contributed by atoms with van der Waals surface area (Å²) in [6.45, 7) is 2.20. The first kappa shape index (κ1) is 16.8. The minimum absolute atomic E-state index is 0.275. The molecule has 2 aliphatic rings. The van der Waals surface area contributed by atoms with Gasteiger partial charge in [0.25, 0.3) is 0 Å². The summed E-state index contributed by atoms with van der Waals surface area (Å²) in [6.07, 6.45) is 3.78. The molecular formula is C18H21N5O4. The molecule has 9 nitrogen and oxygen atoms in total. The first-order valence-corrected chi connectivity index (χ1v) is 8.95. The van der Waals surface area contributed by atoms with Gasteiger partial charge in [-0.25, -0.2) is 9.97 Å². The fourth-order valence-electron chi connectivity index (χ4n) is 4.19. The molecule has 27 heavy (non-hydrogen) atoms. The van der Waals surface area contributed by atoms with Crippen molar-refractivity contribution in [3.05, 3.63) is 30.5 Å². The Morgan fingerprint density at radius 3 is 2.81 bits per heavy atom. The summed E-state index contributed by atoms with van der Waals surface area (Å²) in [5.41, 5.74) is 2.34. The van der Waals surface area contributed by atoms with Crippen molar-refractivity contribution in [2.45, 2.75) is 37.4 Å². The van der Waals surface area contributed by atoms with Crippen LogP contribution >= 0.6 is 0 Å². The Labute approximate surface area is 155 Å². The monoisotopic (exact) mass is 371 g/mol. The number of aryl methyl sites for hydroxylation is 2. The number of nitrogens with zero attached hydrogens (tertiary/aromatic N) is 5. The van der Waals surface area contributed by atoms with Crippen molar-refractivity contribution in [3.8, 4) is 11.3 Å². The molecule has 2 N–H and O–H groups in total. The lowest BCUT2D eigenvalue weighted by Crippen LogP contribution is -2.56. The van der Waals surface area contributed by atoms with Crippen LogP contribution in [0.1, 0.15) is 18.3 Å². The van der Waals surface area contributed by atoms with Gasteiger partial charge >= 0.3 is 0 Å². The molecule has 0 unspecified atom stereocenters. The van der Waals surface area contributed by atoms with Crippen LogP contribution in [-0.4, -0.2) is 65.6 Å². The summed E-state index contributed by atoms with van der Waals surface area (Å²) in [6, 6.07) is 1.93. The lowest BCUT2D eigenvalue weighted by atomic mass is 9.86. The summed E-state index contributed by atoms with van der Waals surface area (Å²) in [4.78, 5) is 8.81. The topological polar surface area (TPSA) is 107 Å². The van der Waals surface area contributed by atoms with Crippen molar-refractivity contribution in [1.29, 1.82) is 0 Å². The Balaban J connectivity index is 1.71. The van der Waals surface area contributed by atoms with Gasteiger partial charge in [-0.15, -0.1) is 0 Å². The molecule has 0 aromatic carbocycles. The van der Waals surface area contributed by atoms with Gasteiger partial charge in [-0.1, -0.05) is 0 Å². The first-order chi connectivity index (χ1) is 13.0. The lowest BCUT2D eigenvalue weighted by molar-refractivity contribution is -0.225. The number of rotatable bonds is 3. The molecule has 5 heterocycles. The Bertz CT molecular complexity index is 1010. The van der Waals surface area contributed by atoms with Crippen LogP contribution in [0.25, 0.3) is 22.3 Å². The maximum absolute atomic E-state index is 10.7. The maximum atomic E-state index is 10.7. The van der Waals surface area contributed by atoms with Gasteiger partial charge in [0.15, 0.2) is 6.23 Å². The molecule has 0 saturated carbocycles. The minimum Gasteiger partial charge on any atom is -0.394 e. The van der Waals surface area contributed by atoms with Gasteiger partial charge in [-0.3, -0.25) is 4.68 Å². The van der Waals surface area contributed by atoms with E-state index in [1.807, 2.05) is 37.0 Å². The summed E-state index contributed by atoms with van der Waals surface area (Å²) in [5.74, 6) is 0. The number of aliphatic hydroxyl groups is 2. The van der Waals surface area contributed by atoms with Crippen molar-refractivity contribution in [2.24, 2.45) is 7.05 Å². The fourth-order valence-corrected chi connectivity index (χ4v) is 4.19. The summed E-state index contributed by atoms with van der Waals surface area (Å²) >= 11 is 0. The van der Waals surface area contributed by atoms with E-state index in [1.165, 1.54) is 6.33 Å². The molecule has 0 aliphatic carbocycles. The van der Waals surface area contributed by atoms with Gasteiger partial charge in [0.05, 0.1) is 24.6 Å². The third-order valence-electron chi connectivity index (χ3n) is 5.66. The largest absolute Gasteiger partial charge is 0.394 e. The maximum Gasteiger partial charge on any atom is 0.167 e. The van der Waals surface area contributed by atoms with E-state index >= 15 is 0 Å². The van der Waals surface area contributed by atoms with Crippen LogP contribution in [-0.2, 0) is 16.5 Å². The highest BCUT2D eigenvalue weighted by atomic mass is 16.6. The van der Waals surface area contributed by atoms with Crippen molar-refractivity contribution in [1.82, 2.24) is 24.3 Å². The van der Waals surface area contributed by atoms with E-state index in [1.54, 1.807) is 4.68 Å². The van der Waals surface area contributed by atoms with E-state index in [2.05, 4.69) is 15.1 Å². The van der Waals surface area contributed by atoms with Gasteiger partial charge in [-0.05, 0) is 13.0 Å². The lowest BCUT2D eigenvalue weighted by Gasteiger charge is -2.44. The highest BCUT2D eigenvalue weighted by Gasteiger charge is 2.61. The van der Waals surface area contributed by atoms with Crippen molar-refractivity contribution in [2.75, 3.05) is 13.2 Å². The van der Waals surface area contributed by atoms with Crippen molar-refractivity contribution < 1.29 is 19.7 Å². The Hall–Kier alpha value is -2.33. The average Bonchev–Trinajstić information content (AvgIpc) is 3.28. The van der Waals surface area contributed by atoms with E-state index in [9.17, 15) is 10.2 Å². The predicted octanol–water partition coefficient (Wildman–Crippen LogP) is 0.550. The third-order valence-corrected chi connectivity index (χ3v) is 5.66. The normalized spacial score (nSPS) is 30.3. The van der Waals surface area contributed by atoms with Crippen molar-refractivity contribution in [3.63, 3.8) is 0 Å². The van der Waals surface area contributed by atoms with Crippen LogP contribution in [0.4, 0.5) is 0 Å². The van der Waals surface area contributed by atoms with Gasteiger partial charge in [0, 0.05) is 36.8 Å². The number of ether oxygens (including phenoxy) is 2.